The molecular weight excluding hydrogens is 729 g/mol. The van der Waals surface area contributed by atoms with Gasteiger partial charge in [0.05, 0.1) is 34.4 Å². The molecule has 10 aromatic rings. The number of nitriles is 1. The number of rotatable bonds is 8. The molecule has 0 spiro atoms. The number of fused-ring (bicyclic) bond motifs is 1. The van der Waals surface area contributed by atoms with Crippen LogP contribution >= 0.6 is 0 Å². The van der Waals surface area contributed by atoms with Crippen LogP contribution in [-0.4, -0.2) is 15.0 Å². The Morgan fingerprint density at radius 3 is 1.22 bits per heavy atom. The van der Waals surface area contributed by atoms with Crippen molar-refractivity contribution in [3.63, 3.8) is 0 Å². The molecule has 0 aliphatic heterocycles. The Bertz CT molecular complexity index is 3040. The first-order valence-electron chi connectivity index (χ1n) is 20.0. The van der Waals surface area contributed by atoms with E-state index in [0.717, 1.165) is 94.7 Å². The molecule has 0 N–H and O–H groups in total. The van der Waals surface area contributed by atoms with Crippen molar-refractivity contribution in [2.45, 2.75) is 0 Å². The van der Waals surface area contributed by atoms with Gasteiger partial charge < -0.3 is 0 Å². The summed E-state index contributed by atoms with van der Waals surface area (Å²) >= 11 is 0. The molecule has 0 saturated heterocycles. The third kappa shape index (κ3) is 7.13. The minimum atomic E-state index is 0.631. The van der Waals surface area contributed by atoms with Crippen LogP contribution in [0.5, 0.6) is 0 Å². The molecule has 0 aliphatic rings. The monoisotopic (exact) mass is 764 g/mol. The third-order valence-electron chi connectivity index (χ3n) is 11.0. The maximum Gasteiger partial charge on any atom is 0.160 e. The van der Waals surface area contributed by atoms with Crippen LogP contribution < -0.4 is 0 Å². The van der Waals surface area contributed by atoms with Crippen LogP contribution in [0.25, 0.3) is 101 Å². The first kappa shape index (κ1) is 36.1. The van der Waals surface area contributed by atoms with Crippen molar-refractivity contribution < 1.29 is 0 Å². The van der Waals surface area contributed by atoms with E-state index in [1.54, 1.807) is 0 Å². The second-order valence-electron chi connectivity index (χ2n) is 14.7. The molecule has 0 bridgehead atoms. The normalized spacial score (nSPS) is 11.0. The summed E-state index contributed by atoms with van der Waals surface area (Å²) in [7, 11) is 0. The maximum absolute atomic E-state index is 10.4. The van der Waals surface area contributed by atoms with E-state index in [-0.39, 0.29) is 0 Å². The zero-order valence-electron chi connectivity index (χ0n) is 32.6. The van der Waals surface area contributed by atoms with Crippen LogP contribution in [0.15, 0.2) is 218 Å². The SMILES string of the molecule is N#Cc1cc(-c2ccc(-c3nc(-c4ccccc4)cc(-c4ccccc4)n3)cc2)c(-c2ccc(-c3cc(-c4ccccc4)cc(-c4ccccc4)n3)cc2)c2ccccc12. The highest BCUT2D eigenvalue weighted by atomic mass is 14.9. The van der Waals surface area contributed by atoms with Crippen molar-refractivity contribution in [1.82, 2.24) is 15.0 Å². The zero-order valence-corrected chi connectivity index (χ0v) is 32.6. The molecule has 10 rings (SSSR count). The highest BCUT2D eigenvalue weighted by molar-refractivity contribution is 6.07. The van der Waals surface area contributed by atoms with Gasteiger partial charge in [-0.3, -0.25) is 0 Å². The molecule has 0 radical (unpaired) electrons. The van der Waals surface area contributed by atoms with Crippen molar-refractivity contribution in [1.29, 1.82) is 5.26 Å². The van der Waals surface area contributed by atoms with Crippen molar-refractivity contribution in [3.05, 3.63) is 224 Å². The molecule has 2 aromatic heterocycles. The summed E-state index contributed by atoms with van der Waals surface area (Å²) in [5.41, 5.74) is 15.6. The third-order valence-corrected chi connectivity index (χ3v) is 11.0. The van der Waals surface area contributed by atoms with E-state index in [0.29, 0.717) is 11.4 Å². The summed E-state index contributed by atoms with van der Waals surface area (Å²) in [6.45, 7) is 0. The molecular formula is C56H36N4. The minimum absolute atomic E-state index is 0.631. The van der Waals surface area contributed by atoms with Gasteiger partial charge in [0.25, 0.3) is 0 Å². The summed E-state index contributed by atoms with van der Waals surface area (Å²) in [5, 5.41) is 12.3. The average molecular weight is 765 g/mol. The second kappa shape index (κ2) is 15.9. The number of benzene rings is 8. The number of aromatic nitrogens is 3. The van der Waals surface area contributed by atoms with Gasteiger partial charge in [0.15, 0.2) is 5.82 Å². The first-order valence-corrected chi connectivity index (χ1v) is 20.0. The highest BCUT2D eigenvalue weighted by Crippen LogP contribution is 2.41. The summed E-state index contributed by atoms with van der Waals surface area (Å²) < 4.78 is 0. The molecule has 4 heteroatoms. The second-order valence-corrected chi connectivity index (χ2v) is 14.7. The van der Waals surface area contributed by atoms with Gasteiger partial charge in [0, 0.05) is 33.2 Å². The number of nitrogens with zero attached hydrogens (tertiary/aromatic N) is 4. The number of hydrogen-bond donors (Lipinski definition) is 0. The highest BCUT2D eigenvalue weighted by Gasteiger charge is 2.18. The van der Waals surface area contributed by atoms with Crippen LogP contribution in [0, 0.1) is 11.3 Å². The molecule has 0 amide bonds. The van der Waals surface area contributed by atoms with Crippen molar-refractivity contribution in [2.75, 3.05) is 0 Å². The van der Waals surface area contributed by atoms with Gasteiger partial charge in [-0.1, -0.05) is 194 Å². The predicted octanol–water partition coefficient (Wildman–Crippen LogP) is 14.2. The molecule has 0 fully saturated rings. The molecule has 280 valence electrons. The Kier molecular flexibility index (Phi) is 9.59. The van der Waals surface area contributed by atoms with E-state index in [9.17, 15) is 5.26 Å². The molecule has 0 aliphatic carbocycles. The van der Waals surface area contributed by atoms with E-state index >= 15 is 0 Å². The van der Waals surface area contributed by atoms with Crippen molar-refractivity contribution in [2.24, 2.45) is 0 Å². The summed E-state index contributed by atoms with van der Waals surface area (Å²) in [5.74, 6) is 0.647. The van der Waals surface area contributed by atoms with Crippen LogP contribution in [0.2, 0.25) is 0 Å². The van der Waals surface area contributed by atoms with Gasteiger partial charge in [-0.2, -0.15) is 5.26 Å². The Morgan fingerprint density at radius 1 is 0.300 bits per heavy atom. The molecule has 0 atom stereocenters. The molecule has 2 heterocycles. The molecule has 60 heavy (non-hydrogen) atoms. The lowest BCUT2D eigenvalue weighted by Gasteiger charge is -2.17. The van der Waals surface area contributed by atoms with Crippen molar-refractivity contribution in [3.8, 4) is 95.9 Å². The predicted molar refractivity (Wildman–Crippen MR) is 246 cm³/mol. The quantitative estimate of drug-likeness (QED) is 0.155. The lowest BCUT2D eigenvalue weighted by atomic mass is 9.87. The first-order chi connectivity index (χ1) is 29.7. The van der Waals surface area contributed by atoms with E-state index in [2.05, 4.69) is 140 Å². The van der Waals surface area contributed by atoms with Gasteiger partial charge in [-0.25, -0.2) is 15.0 Å². The average Bonchev–Trinajstić information content (AvgIpc) is 3.34. The topological polar surface area (TPSA) is 62.5 Å². The van der Waals surface area contributed by atoms with Crippen LogP contribution in [-0.2, 0) is 0 Å². The summed E-state index contributed by atoms with van der Waals surface area (Å²) in [6, 6.07) is 77.3. The Hall–Kier alpha value is -8.26. The van der Waals surface area contributed by atoms with Crippen LogP contribution in [0.1, 0.15) is 5.56 Å². The fourth-order valence-electron chi connectivity index (χ4n) is 7.94. The fraction of sp³-hybridized carbons (Fsp3) is 0. The number of hydrogen-bond acceptors (Lipinski definition) is 4. The van der Waals surface area contributed by atoms with Crippen LogP contribution in [0.4, 0.5) is 0 Å². The Morgan fingerprint density at radius 2 is 0.700 bits per heavy atom. The lowest BCUT2D eigenvalue weighted by Crippen LogP contribution is -1.96. The summed E-state index contributed by atoms with van der Waals surface area (Å²) in [6.07, 6.45) is 0. The standard InChI is InChI=1S/C56H36N4/c57-37-47-33-50(39-25-31-45(32-26-39)56-59-53(41-19-9-3-10-20-41)36-54(60-56)42-21-11-4-12-22-42)55(49-24-14-13-23-48(47)49)44-29-27-43(28-30-44)52-35-46(38-15-5-1-6-16-38)34-51(58-52)40-17-7-2-8-18-40/h1-36H. The van der Waals surface area contributed by atoms with Crippen molar-refractivity contribution >= 4 is 10.8 Å². The minimum Gasteiger partial charge on any atom is -0.248 e. The summed E-state index contributed by atoms with van der Waals surface area (Å²) in [4.78, 5) is 15.3. The van der Waals surface area contributed by atoms with Gasteiger partial charge in [-0.05, 0) is 63.0 Å². The van der Waals surface area contributed by atoms with E-state index in [1.807, 2.05) is 84.9 Å². The molecule has 0 saturated carbocycles. The molecule has 8 aromatic carbocycles. The maximum atomic E-state index is 10.4. The zero-order chi connectivity index (χ0) is 40.3. The Balaban J connectivity index is 1.07. The Labute approximate surface area is 349 Å². The van der Waals surface area contributed by atoms with Gasteiger partial charge in [0.2, 0.25) is 0 Å². The van der Waals surface area contributed by atoms with Gasteiger partial charge in [-0.15, -0.1) is 0 Å². The van der Waals surface area contributed by atoms with E-state index in [4.69, 9.17) is 15.0 Å². The largest absolute Gasteiger partial charge is 0.248 e. The smallest absolute Gasteiger partial charge is 0.160 e. The van der Waals surface area contributed by atoms with Crippen LogP contribution in [0.3, 0.4) is 0 Å². The fourth-order valence-corrected chi connectivity index (χ4v) is 7.94. The van der Waals surface area contributed by atoms with E-state index < -0.39 is 0 Å². The van der Waals surface area contributed by atoms with Gasteiger partial charge >= 0.3 is 0 Å². The van der Waals surface area contributed by atoms with Gasteiger partial charge in [0.1, 0.15) is 0 Å². The number of pyridine rings is 1. The van der Waals surface area contributed by atoms with E-state index in [1.165, 1.54) is 0 Å². The molecule has 4 nitrogen and oxygen atoms in total. The molecule has 0 unspecified atom stereocenters. The lowest BCUT2D eigenvalue weighted by molar-refractivity contribution is 1.18.